The van der Waals surface area contributed by atoms with Crippen molar-refractivity contribution in [3.63, 3.8) is 0 Å². The van der Waals surface area contributed by atoms with Gasteiger partial charge in [-0.2, -0.15) is 0 Å². The first-order chi connectivity index (χ1) is 11.5. The Bertz CT molecular complexity index is 881. The van der Waals surface area contributed by atoms with Crippen LogP contribution in [0.25, 0.3) is 10.9 Å². The summed E-state index contributed by atoms with van der Waals surface area (Å²) < 4.78 is 5.10. The van der Waals surface area contributed by atoms with Gasteiger partial charge in [0.2, 0.25) is 0 Å². The fourth-order valence-corrected chi connectivity index (χ4v) is 3.10. The van der Waals surface area contributed by atoms with Crippen molar-refractivity contribution < 1.29 is 14.3 Å². The number of aromatic amines is 1. The summed E-state index contributed by atoms with van der Waals surface area (Å²) in [5.41, 5.74) is 3.60. The number of benzene rings is 1. The van der Waals surface area contributed by atoms with Crippen molar-refractivity contribution in [1.82, 2.24) is 10.3 Å². The summed E-state index contributed by atoms with van der Waals surface area (Å²) in [4.78, 5) is 28.2. The smallest absolute Gasteiger partial charge is 0.338 e. The molecule has 0 aliphatic carbocycles. The standard InChI is InChI=1S/C18H18N2O3S/c1-11-12(2)20-16-6-5-13(8-15(11)16)18(22)23-10-17(21)19-9-14-4-3-7-24-14/h3-8,20H,9-10H2,1-2H3,(H,19,21). The van der Waals surface area contributed by atoms with Crippen LogP contribution in [0.3, 0.4) is 0 Å². The van der Waals surface area contributed by atoms with Gasteiger partial charge in [0.15, 0.2) is 6.61 Å². The Balaban J connectivity index is 1.58. The number of H-pyrrole nitrogens is 1. The van der Waals surface area contributed by atoms with Gasteiger partial charge in [0.1, 0.15) is 0 Å². The Morgan fingerprint density at radius 3 is 2.83 bits per heavy atom. The molecule has 124 valence electrons. The molecule has 0 spiro atoms. The summed E-state index contributed by atoms with van der Waals surface area (Å²) in [6.07, 6.45) is 0. The van der Waals surface area contributed by atoms with Crippen molar-refractivity contribution in [3.05, 3.63) is 57.4 Å². The van der Waals surface area contributed by atoms with Crippen molar-refractivity contribution in [1.29, 1.82) is 0 Å². The molecule has 2 heterocycles. The van der Waals surface area contributed by atoms with Crippen molar-refractivity contribution >= 4 is 34.1 Å². The van der Waals surface area contributed by atoms with Gasteiger partial charge in [0.05, 0.1) is 12.1 Å². The number of rotatable bonds is 5. The molecule has 0 unspecified atom stereocenters. The highest BCUT2D eigenvalue weighted by Gasteiger charge is 2.13. The first-order valence-corrected chi connectivity index (χ1v) is 8.47. The zero-order valence-corrected chi connectivity index (χ0v) is 14.3. The monoisotopic (exact) mass is 342 g/mol. The van der Waals surface area contributed by atoms with Gasteiger partial charge in [-0.05, 0) is 49.1 Å². The molecular weight excluding hydrogens is 324 g/mol. The number of nitrogens with one attached hydrogen (secondary N) is 2. The third-order valence-electron chi connectivity index (χ3n) is 3.92. The van der Waals surface area contributed by atoms with Crippen LogP contribution in [0.4, 0.5) is 0 Å². The van der Waals surface area contributed by atoms with Crippen molar-refractivity contribution in [2.24, 2.45) is 0 Å². The lowest BCUT2D eigenvalue weighted by Gasteiger charge is -2.06. The van der Waals surface area contributed by atoms with E-state index in [1.807, 2.05) is 37.4 Å². The molecule has 6 heteroatoms. The summed E-state index contributed by atoms with van der Waals surface area (Å²) in [5.74, 6) is -0.812. The van der Waals surface area contributed by atoms with Gasteiger partial charge in [0, 0.05) is 21.5 Å². The lowest BCUT2D eigenvalue weighted by atomic mass is 10.1. The fraction of sp³-hybridized carbons (Fsp3) is 0.222. The van der Waals surface area contributed by atoms with E-state index in [4.69, 9.17) is 4.74 Å². The molecule has 0 bridgehead atoms. The molecule has 0 aliphatic heterocycles. The van der Waals surface area contributed by atoms with Crippen LogP contribution >= 0.6 is 11.3 Å². The van der Waals surface area contributed by atoms with Crippen molar-refractivity contribution in [3.8, 4) is 0 Å². The van der Waals surface area contributed by atoms with E-state index in [0.29, 0.717) is 12.1 Å². The number of hydrogen-bond donors (Lipinski definition) is 2. The molecule has 0 saturated heterocycles. The van der Waals surface area contributed by atoms with Crippen LogP contribution < -0.4 is 5.32 Å². The fourth-order valence-electron chi connectivity index (χ4n) is 2.45. The molecule has 0 saturated carbocycles. The van der Waals surface area contributed by atoms with E-state index < -0.39 is 5.97 Å². The number of ether oxygens (including phenoxy) is 1. The Hall–Kier alpha value is -2.60. The highest BCUT2D eigenvalue weighted by Crippen LogP contribution is 2.22. The van der Waals surface area contributed by atoms with Crippen LogP contribution in [0.5, 0.6) is 0 Å². The maximum absolute atomic E-state index is 12.1. The van der Waals surface area contributed by atoms with Gasteiger partial charge in [-0.3, -0.25) is 4.79 Å². The lowest BCUT2D eigenvalue weighted by molar-refractivity contribution is -0.124. The van der Waals surface area contributed by atoms with Gasteiger partial charge in [0.25, 0.3) is 5.91 Å². The molecule has 1 aromatic carbocycles. The molecule has 2 aromatic heterocycles. The minimum atomic E-state index is -0.499. The largest absolute Gasteiger partial charge is 0.452 e. The van der Waals surface area contributed by atoms with Gasteiger partial charge in [-0.15, -0.1) is 11.3 Å². The molecule has 0 radical (unpaired) electrons. The molecule has 24 heavy (non-hydrogen) atoms. The SMILES string of the molecule is Cc1[nH]c2ccc(C(=O)OCC(=O)NCc3cccs3)cc2c1C. The molecule has 0 aliphatic rings. The highest BCUT2D eigenvalue weighted by atomic mass is 32.1. The molecule has 0 fully saturated rings. The molecule has 3 rings (SSSR count). The number of hydrogen-bond acceptors (Lipinski definition) is 4. The van der Waals surface area contributed by atoms with Crippen molar-refractivity contribution in [2.45, 2.75) is 20.4 Å². The zero-order valence-electron chi connectivity index (χ0n) is 13.5. The van der Waals surface area contributed by atoms with Crippen molar-refractivity contribution in [2.75, 3.05) is 6.61 Å². The molecule has 2 N–H and O–H groups in total. The van der Waals surface area contributed by atoms with Gasteiger partial charge in [-0.1, -0.05) is 6.07 Å². The maximum Gasteiger partial charge on any atom is 0.338 e. The number of esters is 1. The summed E-state index contributed by atoms with van der Waals surface area (Å²) in [7, 11) is 0. The molecular formula is C18H18N2O3S. The van der Waals surface area contributed by atoms with Crippen LogP contribution in [-0.2, 0) is 16.1 Å². The van der Waals surface area contributed by atoms with E-state index >= 15 is 0 Å². The number of carbonyl (C=O) groups is 2. The van der Waals surface area contributed by atoms with Crippen LogP contribution in [0.15, 0.2) is 35.7 Å². The number of thiophene rings is 1. The molecule has 0 atom stereocenters. The zero-order chi connectivity index (χ0) is 17.1. The van der Waals surface area contributed by atoms with Gasteiger partial charge >= 0.3 is 5.97 Å². The Morgan fingerprint density at radius 1 is 1.25 bits per heavy atom. The minimum absolute atomic E-state index is 0.284. The Kier molecular flexibility index (Phi) is 4.66. The van der Waals surface area contributed by atoms with E-state index in [0.717, 1.165) is 27.0 Å². The number of aromatic nitrogens is 1. The third kappa shape index (κ3) is 3.49. The van der Waals surface area contributed by atoms with E-state index in [1.54, 1.807) is 23.5 Å². The van der Waals surface area contributed by atoms with E-state index in [2.05, 4.69) is 10.3 Å². The summed E-state index contributed by atoms with van der Waals surface area (Å²) in [6, 6.07) is 9.20. The maximum atomic E-state index is 12.1. The summed E-state index contributed by atoms with van der Waals surface area (Å²) in [6.45, 7) is 4.15. The van der Waals surface area contributed by atoms with E-state index in [9.17, 15) is 9.59 Å². The van der Waals surface area contributed by atoms with Gasteiger partial charge < -0.3 is 15.0 Å². The number of aryl methyl sites for hydroxylation is 2. The average molecular weight is 342 g/mol. The second-order valence-electron chi connectivity index (χ2n) is 5.57. The van der Waals surface area contributed by atoms with E-state index in [-0.39, 0.29) is 12.5 Å². The second-order valence-corrected chi connectivity index (χ2v) is 6.60. The predicted molar refractivity (Wildman–Crippen MR) is 94.2 cm³/mol. The summed E-state index contributed by atoms with van der Waals surface area (Å²) in [5, 5.41) is 5.66. The number of carbonyl (C=O) groups excluding carboxylic acids is 2. The predicted octanol–water partition coefficient (Wildman–Crippen LogP) is 3.32. The third-order valence-corrected chi connectivity index (χ3v) is 4.79. The van der Waals surface area contributed by atoms with Crippen LogP contribution in [0, 0.1) is 13.8 Å². The normalized spacial score (nSPS) is 10.8. The first-order valence-electron chi connectivity index (χ1n) is 7.59. The second kappa shape index (κ2) is 6.88. The van der Waals surface area contributed by atoms with E-state index in [1.165, 1.54) is 0 Å². The molecule has 5 nitrogen and oxygen atoms in total. The highest BCUT2D eigenvalue weighted by molar-refractivity contribution is 7.09. The van der Waals surface area contributed by atoms with Crippen LogP contribution in [0.1, 0.15) is 26.5 Å². The average Bonchev–Trinajstić information content (AvgIpc) is 3.19. The number of fused-ring (bicyclic) bond motifs is 1. The Morgan fingerprint density at radius 2 is 2.08 bits per heavy atom. The minimum Gasteiger partial charge on any atom is -0.452 e. The summed E-state index contributed by atoms with van der Waals surface area (Å²) >= 11 is 1.57. The van der Waals surface area contributed by atoms with Gasteiger partial charge in [-0.25, -0.2) is 4.79 Å². The topological polar surface area (TPSA) is 71.2 Å². The Labute approximate surface area is 143 Å². The van der Waals surface area contributed by atoms with Crippen LogP contribution in [-0.4, -0.2) is 23.5 Å². The van der Waals surface area contributed by atoms with Crippen LogP contribution in [0.2, 0.25) is 0 Å². The molecule has 1 amide bonds. The molecule has 3 aromatic rings. The first kappa shape index (κ1) is 16.3. The lowest BCUT2D eigenvalue weighted by Crippen LogP contribution is -2.28. The quantitative estimate of drug-likeness (QED) is 0.699. The number of amides is 1.